The standard InChI is InChI=1S/C23H28N4O5/c28-19-4-3-18(20(29)26-19)27-21(30)16-2-1-14(11-17(16)22(27)31)25-12-15-5-6-23(13-32-15)7-9-24-10-8-23/h1-2,11,15,18,24-25H,3-10,12-13H2,(H,26,28,29). The van der Waals surface area contributed by atoms with E-state index in [4.69, 9.17) is 4.74 Å². The van der Waals surface area contributed by atoms with Crippen LogP contribution in [0.2, 0.25) is 0 Å². The first-order chi connectivity index (χ1) is 15.5. The summed E-state index contributed by atoms with van der Waals surface area (Å²) in [5.74, 6) is -1.97. The molecule has 0 saturated carbocycles. The van der Waals surface area contributed by atoms with Gasteiger partial charge in [0, 0.05) is 18.7 Å². The lowest BCUT2D eigenvalue weighted by atomic mass is 9.74. The molecule has 5 rings (SSSR count). The molecule has 0 aromatic heterocycles. The molecule has 4 amide bonds. The van der Waals surface area contributed by atoms with E-state index in [0.29, 0.717) is 12.0 Å². The number of carbonyl (C=O) groups excluding carboxylic acids is 4. The molecule has 3 fully saturated rings. The molecular formula is C23H28N4O5. The molecule has 0 radical (unpaired) electrons. The second-order valence-corrected chi connectivity index (χ2v) is 9.31. The van der Waals surface area contributed by atoms with Crippen LogP contribution in [-0.4, -0.2) is 66.9 Å². The van der Waals surface area contributed by atoms with Crippen molar-refractivity contribution in [1.29, 1.82) is 0 Å². The van der Waals surface area contributed by atoms with E-state index >= 15 is 0 Å². The van der Waals surface area contributed by atoms with E-state index in [1.165, 1.54) is 6.42 Å². The van der Waals surface area contributed by atoms with Crippen LogP contribution < -0.4 is 16.0 Å². The van der Waals surface area contributed by atoms with Crippen LogP contribution in [0.1, 0.15) is 59.2 Å². The van der Waals surface area contributed by atoms with E-state index in [9.17, 15) is 19.2 Å². The van der Waals surface area contributed by atoms with Crippen molar-refractivity contribution >= 4 is 29.3 Å². The third kappa shape index (κ3) is 3.80. The Morgan fingerprint density at radius 2 is 1.81 bits per heavy atom. The maximum atomic E-state index is 12.9. The van der Waals surface area contributed by atoms with Crippen molar-refractivity contribution in [3.05, 3.63) is 29.3 Å². The highest BCUT2D eigenvalue weighted by atomic mass is 16.5. The van der Waals surface area contributed by atoms with Gasteiger partial charge in [0.25, 0.3) is 11.8 Å². The first-order valence-electron chi connectivity index (χ1n) is 11.4. The summed E-state index contributed by atoms with van der Waals surface area (Å²) in [7, 11) is 0. The van der Waals surface area contributed by atoms with Crippen molar-refractivity contribution in [2.45, 2.75) is 50.7 Å². The van der Waals surface area contributed by atoms with Crippen molar-refractivity contribution in [1.82, 2.24) is 15.5 Å². The van der Waals surface area contributed by atoms with Crippen LogP contribution in [0, 0.1) is 5.41 Å². The highest BCUT2D eigenvalue weighted by Gasteiger charge is 2.44. The van der Waals surface area contributed by atoms with Crippen LogP contribution in [0.5, 0.6) is 0 Å². The lowest BCUT2D eigenvalue weighted by Crippen LogP contribution is -2.54. The van der Waals surface area contributed by atoms with Crippen LogP contribution in [0.25, 0.3) is 0 Å². The molecule has 32 heavy (non-hydrogen) atoms. The molecule has 0 bridgehead atoms. The summed E-state index contributed by atoms with van der Waals surface area (Å²) < 4.78 is 6.15. The summed E-state index contributed by atoms with van der Waals surface area (Å²) in [6, 6.07) is 4.11. The fourth-order valence-corrected chi connectivity index (χ4v) is 5.24. The third-order valence-electron chi connectivity index (χ3n) is 7.26. The summed E-state index contributed by atoms with van der Waals surface area (Å²) in [5.41, 5.74) is 1.62. The number of ether oxygens (including phenoxy) is 1. The first kappa shape index (κ1) is 21.1. The second kappa shape index (κ2) is 8.29. The Bertz CT molecular complexity index is 961. The Labute approximate surface area is 186 Å². The molecular weight excluding hydrogens is 412 g/mol. The number of carbonyl (C=O) groups is 4. The molecule has 4 aliphatic heterocycles. The summed E-state index contributed by atoms with van der Waals surface area (Å²) in [4.78, 5) is 50.3. The molecule has 2 unspecified atom stereocenters. The van der Waals surface area contributed by atoms with E-state index in [-0.39, 0.29) is 36.0 Å². The number of benzene rings is 1. The molecule has 170 valence electrons. The van der Waals surface area contributed by atoms with Crippen LogP contribution in [0.4, 0.5) is 5.69 Å². The monoisotopic (exact) mass is 440 g/mol. The Kier molecular flexibility index (Phi) is 5.46. The van der Waals surface area contributed by atoms with Crippen molar-refractivity contribution in [2.24, 2.45) is 5.41 Å². The van der Waals surface area contributed by atoms with Gasteiger partial charge in [-0.25, -0.2) is 0 Å². The maximum Gasteiger partial charge on any atom is 0.262 e. The molecule has 0 aliphatic carbocycles. The van der Waals surface area contributed by atoms with Gasteiger partial charge in [-0.2, -0.15) is 0 Å². The van der Waals surface area contributed by atoms with Crippen molar-refractivity contribution in [2.75, 3.05) is 31.6 Å². The smallest absolute Gasteiger partial charge is 0.262 e. The van der Waals surface area contributed by atoms with Crippen molar-refractivity contribution in [3.8, 4) is 0 Å². The van der Waals surface area contributed by atoms with Crippen LogP contribution in [-0.2, 0) is 14.3 Å². The highest BCUT2D eigenvalue weighted by Crippen LogP contribution is 2.39. The van der Waals surface area contributed by atoms with Gasteiger partial charge >= 0.3 is 0 Å². The van der Waals surface area contributed by atoms with E-state index in [1.807, 2.05) is 0 Å². The topological polar surface area (TPSA) is 117 Å². The number of piperidine rings is 2. The number of imide groups is 2. The van der Waals surface area contributed by atoms with Crippen LogP contribution >= 0.6 is 0 Å². The van der Waals surface area contributed by atoms with Gasteiger partial charge in [-0.1, -0.05) is 0 Å². The SMILES string of the molecule is O=C1CCC(N2C(=O)c3ccc(NCC4CCC5(CCNCC5)CO4)cc3C2=O)C(=O)N1. The number of hydrogen-bond donors (Lipinski definition) is 3. The number of nitrogens with zero attached hydrogens (tertiary/aromatic N) is 1. The zero-order valence-electron chi connectivity index (χ0n) is 17.9. The average Bonchev–Trinajstić information content (AvgIpc) is 3.04. The van der Waals surface area contributed by atoms with Crippen LogP contribution in [0.3, 0.4) is 0 Å². The summed E-state index contributed by atoms with van der Waals surface area (Å²) in [6.07, 6.45) is 4.86. The molecule has 1 aromatic carbocycles. The number of amides is 4. The van der Waals surface area contributed by atoms with Gasteiger partial charge < -0.3 is 15.4 Å². The Morgan fingerprint density at radius 3 is 2.53 bits per heavy atom. The number of nitrogens with one attached hydrogen (secondary N) is 3. The normalized spacial score (nSPS) is 27.4. The highest BCUT2D eigenvalue weighted by molar-refractivity contribution is 6.23. The summed E-state index contributed by atoms with van der Waals surface area (Å²) in [5, 5.41) is 8.96. The zero-order valence-corrected chi connectivity index (χ0v) is 17.9. The Morgan fingerprint density at radius 1 is 1.03 bits per heavy atom. The first-order valence-corrected chi connectivity index (χ1v) is 11.4. The minimum Gasteiger partial charge on any atom is -0.382 e. The van der Waals surface area contributed by atoms with Gasteiger partial charge in [-0.15, -0.1) is 0 Å². The molecule has 3 N–H and O–H groups in total. The predicted molar refractivity (Wildman–Crippen MR) is 115 cm³/mol. The van der Waals surface area contributed by atoms with E-state index in [2.05, 4.69) is 16.0 Å². The lowest BCUT2D eigenvalue weighted by molar-refractivity contribution is -0.136. The fraction of sp³-hybridized carbons (Fsp3) is 0.565. The zero-order chi connectivity index (χ0) is 22.3. The van der Waals surface area contributed by atoms with Crippen molar-refractivity contribution in [3.63, 3.8) is 0 Å². The molecule has 3 saturated heterocycles. The molecule has 9 nitrogen and oxygen atoms in total. The predicted octanol–water partition coefficient (Wildman–Crippen LogP) is 1.05. The van der Waals surface area contributed by atoms with E-state index in [0.717, 1.165) is 49.5 Å². The van der Waals surface area contributed by atoms with Gasteiger partial charge in [0.1, 0.15) is 6.04 Å². The number of fused-ring (bicyclic) bond motifs is 1. The molecule has 4 aliphatic rings. The second-order valence-electron chi connectivity index (χ2n) is 9.31. The Hall–Kier alpha value is -2.78. The van der Waals surface area contributed by atoms with Gasteiger partial charge in [0.15, 0.2) is 0 Å². The van der Waals surface area contributed by atoms with E-state index in [1.54, 1.807) is 18.2 Å². The summed E-state index contributed by atoms with van der Waals surface area (Å²) in [6.45, 7) is 3.54. The third-order valence-corrected chi connectivity index (χ3v) is 7.26. The van der Waals surface area contributed by atoms with Gasteiger partial charge in [-0.3, -0.25) is 29.4 Å². The van der Waals surface area contributed by atoms with Gasteiger partial charge in [0.2, 0.25) is 11.8 Å². The minimum atomic E-state index is -0.950. The number of rotatable bonds is 4. The molecule has 1 spiro atoms. The van der Waals surface area contributed by atoms with E-state index < -0.39 is 23.8 Å². The average molecular weight is 441 g/mol. The quantitative estimate of drug-likeness (QED) is 0.599. The molecule has 1 aromatic rings. The Balaban J connectivity index is 1.21. The molecule has 4 heterocycles. The van der Waals surface area contributed by atoms with Gasteiger partial charge in [-0.05, 0) is 68.8 Å². The fourth-order valence-electron chi connectivity index (χ4n) is 5.24. The van der Waals surface area contributed by atoms with Gasteiger partial charge in [0.05, 0.1) is 23.8 Å². The number of anilines is 1. The van der Waals surface area contributed by atoms with Crippen molar-refractivity contribution < 1.29 is 23.9 Å². The maximum absolute atomic E-state index is 12.9. The molecule has 2 atom stereocenters. The lowest BCUT2D eigenvalue weighted by Gasteiger charge is -2.43. The molecule has 9 heteroatoms. The largest absolute Gasteiger partial charge is 0.382 e. The number of hydrogen-bond acceptors (Lipinski definition) is 7. The summed E-state index contributed by atoms with van der Waals surface area (Å²) >= 11 is 0. The minimum absolute atomic E-state index is 0.107. The van der Waals surface area contributed by atoms with Crippen LogP contribution in [0.15, 0.2) is 18.2 Å².